The smallest absolute Gasteiger partial charge is 0.229 e. The lowest BCUT2D eigenvalue weighted by molar-refractivity contribution is -0.122. The van der Waals surface area contributed by atoms with E-state index in [9.17, 15) is 9.59 Å². The number of carbonyl (C=O) groups excluding carboxylic acids is 2. The molecule has 5 heteroatoms. The van der Waals surface area contributed by atoms with Crippen molar-refractivity contribution in [2.75, 3.05) is 23.0 Å². The Morgan fingerprint density at radius 1 is 1.20 bits per heavy atom. The van der Waals surface area contributed by atoms with Crippen LogP contribution < -0.4 is 10.2 Å². The number of carbonyl (C=O) groups is 2. The minimum atomic E-state index is -0.327. The van der Waals surface area contributed by atoms with Crippen LogP contribution in [0.3, 0.4) is 0 Å². The molecule has 1 heterocycles. The molecule has 2 aromatic rings. The van der Waals surface area contributed by atoms with E-state index in [2.05, 4.69) is 12.2 Å². The third-order valence-corrected chi connectivity index (χ3v) is 5.32. The first-order valence-electron chi connectivity index (χ1n) is 8.46. The largest absolute Gasteiger partial charge is 0.325 e. The van der Waals surface area contributed by atoms with Gasteiger partial charge in [-0.3, -0.25) is 9.59 Å². The van der Waals surface area contributed by atoms with Gasteiger partial charge in [0.25, 0.3) is 0 Å². The first-order chi connectivity index (χ1) is 12.1. The zero-order valence-electron chi connectivity index (χ0n) is 14.5. The van der Waals surface area contributed by atoms with Crippen molar-refractivity contribution in [1.82, 2.24) is 0 Å². The van der Waals surface area contributed by atoms with E-state index in [1.165, 1.54) is 0 Å². The van der Waals surface area contributed by atoms with Crippen molar-refractivity contribution in [3.05, 3.63) is 54.1 Å². The molecule has 0 saturated carbocycles. The molecule has 0 aromatic heterocycles. The second kappa shape index (κ2) is 7.74. The molecule has 2 aromatic carbocycles. The number of nitrogens with one attached hydrogen (secondary N) is 1. The topological polar surface area (TPSA) is 49.4 Å². The molecule has 1 unspecified atom stereocenters. The molecule has 1 atom stereocenters. The number of nitrogens with zero attached hydrogens (tertiary/aromatic N) is 1. The molecule has 1 N–H and O–H groups in total. The lowest BCUT2D eigenvalue weighted by Crippen LogP contribution is -2.28. The third-order valence-electron chi connectivity index (χ3n) is 4.52. The minimum absolute atomic E-state index is 0.0131. The maximum absolute atomic E-state index is 12.7. The van der Waals surface area contributed by atoms with Gasteiger partial charge >= 0.3 is 0 Å². The minimum Gasteiger partial charge on any atom is -0.325 e. The van der Waals surface area contributed by atoms with E-state index in [4.69, 9.17) is 0 Å². The van der Waals surface area contributed by atoms with E-state index in [1.54, 1.807) is 16.7 Å². The van der Waals surface area contributed by atoms with Gasteiger partial charge in [0.1, 0.15) is 0 Å². The Balaban J connectivity index is 1.75. The van der Waals surface area contributed by atoms with Crippen LogP contribution in [0.4, 0.5) is 11.4 Å². The third kappa shape index (κ3) is 3.71. The van der Waals surface area contributed by atoms with Crippen molar-refractivity contribution in [3.8, 4) is 0 Å². The summed E-state index contributed by atoms with van der Waals surface area (Å²) < 4.78 is 0. The van der Waals surface area contributed by atoms with Crippen LogP contribution in [-0.2, 0) is 16.0 Å². The maximum Gasteiger partial charge on any atom is 0.229 e. The lowest BCUT2D eigenvalue weighted by Gasteiger charge is -2.20. The highest BCUT2D eigenvalue weighted by Gasteiger charge is 2.35. The highest BCUT2D eigenvalue weighted by Crippen LogP contribution is 2.30. The van der Waals surface area contributed by atoms with Crippen LogP contribution in [0.5, 0.6) is 0 Å². The van der Waals surface area contributed by atoms with Gasteiger partial charge in [-0.1, -0.05) is 37.3 Å². The van der Waals surface area contributed by atoms with E-state index < -0.39 is 0 Å². The van der Waals surface area contributed by atoms with Crippen LogP contribution in [0.2, 0.25) is 0 Å². The van der Waals surface area contributed by atoms with Gasteiger partial charge in [0.2, 0.25) is 11.8 Å². The summed E-state index contributed by atoms with van der Waals surface area (Å²) in [6.45, 7) is 2.51. The summed E-state index contributed by atoms with van der Waals surface area (Å²) in [5.74, 6) is -0.405. The fourth-order valence-corrected chi connectivity index (χ4v) is 3.73. The predicted octanol–water partition coefficient (Wildman–Crippen LogP) is 3.96. The molecular weight excluding hydrogens is 332 g/mol. The van der Waals surface area contributed by atoms with E-state index in [0.717, 1.165) is 28.3 Å². The van der Waals surface area contributed by atoms with Crippen LogP contribution in [-0.4, -0.2) is 24.6 Å². The number of rotatable bonds is 5. The summed E-state index contributed by atoms with van der Waals surface area (Å²) in [4.78, 5) is 27.9. The molecule has 0 bridgehead atoms. The molecule has 1 aliphatic rings. The summed E-state index contributed by atoms with van der Waals surface area (Å²) in [5, 5.41) is 2.99. The van der Waals surface area contributed by atoms with E-state index in [0.29, 0.717) is 6.54 Å². The van der Waals surface area contributed by atoms with Crippen LogP contribution in [0.25, 0.3) is 0 Å². The second-order valence-corrected chi connectivity index (χ2v) is 6.93. The van der Waals surface area contributed by atoms with Crippen molar-refractivity contribution >= 4 is 35.0 Å². The summed E-state index contributed by atoms with van der Waals surface area (Å²) in [6.07, 6.45) is 3.09. The summed E-state index contributed by atoms with van der Waals surface area (Å²) >= 11 is 1.59. The van der Waals surface area contributed by atoms with Gasteiger partial charge in [0.15, 0.2) is 0 Å². The Morgan fingerprint density at radius 3 is 2.68 bits per heavy atom. The molecule has 1 aliphatic heterocycles. The molecular formula is C20H22N2O2S. The number of para-hydroxylation sites is 2. The number of thioether (sulfide) groups is 1. The number of aryl methyl sites for hydroxylation is 1. The molecule has 1 fully saturated rings. The Morgan fingerprint density at radius 2 is 1.92 bits per heavy atom. The summed E-state index contributed by atoms with van der Waals surface area (Å²) in [7, 11) is 0. The highest BCUT2D eigenvalue weighted by atomic mass is 32.2. The monoisotopic (exact) mass is 354 g/mol. The molecule has 1 saturated heterocycles. The van der Waals surface area contributed by atoms with Crippen molar-refractivity contribution < 1.29 is 9.59 Å². The average Bonchev–Trinajstić information content (AvgIpc) is 3.03. The van der Waals surface area contributed by atoms with Crippen LogP contribution >= 0.6 is 11.8 Å². The Kier molecular flexibility index (Phi) is 5.43. The molecule has 0 spiro atoms. The van der Waals surface area contributed by atoms with Crippen molar-refractivity contribution in [2.24, 2.45) is 5.92 Å². The number of hydrogen-bond donors (Lipinski definition) is 1. The number of benzene rings is 2. The van der Waals surface area contributed by atoms with Gasteiger partial charge in [-0.25, -0.2) is 0 Å². The van der Waals surface area contributed by atoms with Gasteiger partial charge in [-0.05, 0) is 36.4 Å². The van der Waals surface area contributed by atoms with Gasteiger partial charge < -0.3 is 10.2 Å². The molecule has 4 nitrogen and oxygen atoms in total. The quantitative estimate of drug-likeness (QED) is 0.827. The van der Waals surface area contributed by atoms with E-state index in [-0.39, 0.29) is 24.2 Å². The van der Waals surface area contributed by atoms with Gasteiger partial charge in [-0.15, -0.1) is 11.8 Å². The predicted molar refractivity (Wildman–Crippen MR) is 103 cm³/mol. The Labute approximate surface area is 152 Å². The average molecular weight is 354 g/mol. The molecule has 0 aliphatic carbocycles. The van der Waals surface area contributed by atoms with Crippen LogP contribution in [0.1, 0.15) is 18.9 Å². The van der Waals surface area contributed by atoms with Gasteiger partial charge in [0.05, 0.1) is 11.6 Å². The molecule has 2 amide bonds. The number of anilines is 2. The Bertz CT molecular complexity index is 791. The standard InChI is InChI=1S/C20H22N2O2S/c1-3-14-8-4-6-10-17(14)22-13-15(12-19(22)23)20(24)21-16-9-5-7-11-18(16)25-2/h4-11,15H,3,12-13H2,1-2H3,(H,21,24). The van der Waals surface area contributed by atoms with Gasteiger partial charge in [-0.2, -0.15) is 0 Å². The van der Waals surface area contributed by atoms with Crippen LogP contribution in [0.15, 0.2) is 53.4 Å². The van der Waals surface area contributed by atoms with E-state index >= 15 is 0 Å². The molecule has 0 radical (unpaired) electrons. The fraction of sp³-hybridized carbons (Fsp3) is 0.300. The highest BCUT2D eigenvalue weighted by molar-refractivity contribution is 7.98. The maximum atomic E-state index is 12.7. The second-order valence-electron chi connectivity index (χ2n) is 6.08. The van der Waals surface area contributed by atoms with Crippen molar-refractivity contribution in [1.29, 1.82) is 0 Å². The first-order valence-corrected chi connectivity index (χ1v) is 9.68. The molecule has 25 heavy (non-hydrogen) atoms. The van der Waals surface area contributed by atoms with Gasteiger partial charge in [0, 0.05) is 23.5 Å². The fourth-order valence-electron chi connectivity index (χ4n) is 3.17. The number of hydrogen-bond acceptors (Lipinski definition) is 3. The van der Waals surface area contributed by atoms with Crippen LogP contribution in [0, 0.1) is 5.92 Å². The zero-order valence-corrected chi connectivity index (χ0v) is 15.3. The van der Waals surface area contributed by atoms with Crippen molar-refractivity contribution in [3.63, 3.8) is 0 Å². The normalized spacial score (nSPS) is 17.0. The Hall–Kier alpha value is -2.27. The first kappa shape index (κ1) is 17.5. The zero-order chi connectivity index (χ0) is 17.8. The molecule has 3 rings (SSSR count). The summed E-state index contributed by atoms with van der Waals surface area (Å²) in [6, 6.07) is 15.6. The van der Waals surface area contributed by atoms with E-state index in [1.807, 2.05) is 54.8 Å². The van der Waals surface area contributed by atoms with Crippen molar-refractivity contribution in [2.45, 2.75) is 24.7 Å². The lowest BCUT2D eigenvalue weighted by atomic mass is 10.1. The molecule has 130 valence electrons. The number of amides is 2. The SMILES string of the molecule is CCc1ccccc1N1CC(C(=O)Nc2ccccc2SC)CC1=O. The summed E-state index contributed by atoms with van der Waals surface area (Å²) in [5.41, 5.74) is 2.86.